The minimum absolute atomic E-state index is 0.127. The van der Waals surface area contributed by atoms with Gasteiger partial charge in [-0.1, -0.05) is 48.9 Å². The maximum Gasteiger partial charge on any atom is 0.260 e. The molecule has 1 N–H and O–H groups in total. The van der Waals surface area contributed by atoms with E-state index in [1.165, 1.54) is 5.56 Å². The highest BCUT2D eigenvalue weighted by Gasteiger charge is 2.15. The van der Waals surface area contributed by atoms with Crippen LogP contribution in [0.2, 0.25) is 5.02 Å². The van der Waals surface area contributed by atoms with Crippen molar-refractivity contribution in [2.45, 2.75) is 25.9 Å². The maximum atomic E-state index is 12.1. The second-order valence-electron chi connectivity index (χ2n) is 5.27. The average Bonchev–Trinajstić information content (AvgIpc) is 2.55. The number of hydrogen-bond acceptors (Lipinski definition) is 2. The summed E-state index contributed by atoms with van der Waals surface area (Å²) in [7, 11) is 0. The molecule has 2 aromatic rings. The van der Waals surface area contributed by atoms with Gasteiger partial charge in [0.05, 0.1) is 0 Å². The fourth-order valence-corrected chi connectivity index (χ4v) is 2.19. The molecule has 0 unspecified atom stereocenters. The van der Waals surface area contributed by atoms with E-state index in [1.807, 2.05) is 18.2 Å². The van der Waals surface area contributed by atoms with Crippen molar-refractivity contribution < 1.29 is 9.53 Å². The molecule has 0 heterocycles. The first-order valence-corrected chi connectivity index (χ1v) is 7.69. The predicted molar refractivity (Wildman–Crippen MR) is 89.4 cm³/mol. The van der Waals surface area contributed by atoms with E-state index in [1.54, 1.807) is 31.2 Å². The van der Waals surface area contributed by atoms with E-state index in [0.717, 1.165) is 0 Å². The van der Waals surface area contributed by atoms with E-state index in [4.69, 9.17) is 16.3 Å². The molecule has 2 atom stereocenters. The highest BCUT2D eigenvalue weighted by Crippen LogP contribution is 2.17. The van der Waals surface area contributed by atoms with Crippen LogP contribution in [-0.2, 0) is 4.79 Å². The van der Waals surface area contributed by atoms with Crippen molar-refractivity contribution in [2.24, 2.45) is 0 Å². The number of nitrogens with one attached hydrogen (secondary N) is 1. The molecule has 0 fully saturated rings. The summed E-state index contributed by atoms with van der Waals surface area (Å²) in [4.78, 5) is 12.1. The SMILES string of the molecule is C[C@H](Oc1ccc(Cl)cc1)C(=O)NC[C@@H](C)c1ccccc1. The first-order valence-electron chi connectivity index (χ1n) is 7.31. The van der Waals surface area contributed by atoms with Gasteiger partial charge in [0.25, 0.3) is 5.91 Å². The molecule has 1 amide bonds. The highest BCUT2D eigenvalue weighted by atomic mass is 35.5. The van der Waals surface area contributed by atoms with Gasteiger partial charge in [-0.2, -0.15) is 0 Å². The molecule has 2 rings (SSSR count). The Balaban J connectivity index is 1.82. The summed E-state index contributed by atoms with van der Waals surface area (Å²) >= 11 is 5.82. The normalized spacial score (nSPS) is 13.2. The molecule has 0 spiro atoms. The summed E-state index contributed by atoms with van der Waals surface area (Å²) in [5.74, 6) is 0.758. The van der Waals surface area contributed by atoms with Crippen molar-refractivity contribution in [1.29, 1.82) is 0 Å². The Kier molecular flexibility index (Phi) is 5.84. The minimum Gasteiger partial charge on any atom is -0.481 e. The number of amides is 1. The van der Waals surface area contributed by atoms with Crippen molar-refractivity contribution >= 4 is 17.5 Å². The van der Waals surface area contributed by atoms with Gasteiger partial charge in [0.15, 0.2) is 6.10 Å². The molecule has 0 aliphatic rings. The first kappa shape index (κ1) is 16.4. The van der Waals surface area contributed by atoms with Crippen molar-refractivity contribution in [3.63, 3.8) is 0 Å². The van der Waals surface area contributed by atoms with Crippen LogP contribution in [0, 0.1) is 0 Å². The van der Waals surface area contributed by atoms with Gasteiger partial charge in [-0.15, -0.1) is 0 Å². The molecule has 0 aliphatic carbocycles. The van der Waals surface area contributed by atoms with Crippen LogP contribution in [0.15, 0.2) is 54.6 Å². The average molecular weight is 318 g/mol. The number of ether oxygens (including phenoxy) is 1. The molecule has 4 heteroatoms. The minimum atomic E-state index is -0.552. The number of carbonyl (C=O) groups is 1. The smallest absolute Gasteiger partial charge is 0.260 e. The molecule has 22 heavy (non-hydrogen) atoms. The molecule has 0 saturated heterocycles. The molecular weight excluding hydrogens is 298 g/mol. The number of hydrogen-bond donors (Lipinski definition) is 1. The predicted octanol–water partition coefficient (Wildman–Crippen LogP) is 4.03. The lowest BCUT2D eigenvalue weighted by atomic mass is 10.0. The molecule has 0 radical (unpaired) electrons. The highest BCUT2D eigenvalue weighted by molar-refractivity contribution is 6.30. The summed E-state index contributed by atoms with van der Waals surface area (Å²) in [6.45, 7) is 4.40. The van der Waals surface area contributed by atoms with E-state index >= 15 is 0 Å². The number of halogens is 1. The zero-order chi connectivity index (χ0) is 15.9. The van der Waals surface area contributed by atoms with E-state index in [2.05, 4.69) is 24.4 Å². The quantitative estimate of drug-likeness (QED) is 0.873. The molecule has 0 bridgehead atoms. The molecule has 3 nitrogen and oxygen atoms in total. The summed E-state index contributed by atoms with van der Waals surface area (Å²) in [5, 5.41) is 3.56. The molecule has 0 aliphatic heterocycles. The van der Waals surface area contributed by atoms with Gasteiger partial charge < -0.3 is 10.1 Å². The van der Waals surface area contributed by atoms with Crippen molar-refractivity contribution in [2.75, 3.05) is 6.54 Å². The summed E-state index contributed by atoms with van der Waals surface area (Å²) in [5.41, 5.74) is 1.20. The summed E-state index contributed by atoms with van der Waals surface area (Å²) in [6.07, 6.45) is -0.552. The summed E-state index contributed by atoms with van der Waals surface area (Å²) in [6, 6.07) is 17.1. The van der Waals surface area contributed by atoms with Crippen LogP contribution in [0.1, 0.15) is 25.3 Å². The number of carbonyl (C=O) groups excluding carboxylic acids is 1. The molecule has 0 aromatic heterocycles. The topological polar surface area (TPSA) is 38.3 Å². The Labute approximate surface area is 136 Å². The third kappa shape index (κ3) is 4.78. The van der Waals surface area contributed by atoms with Gasteiger partial charge in [-0.3, -0.25) is 4.79 Å². The molecular formula is C18H20ClNO2. The number of rotatable bonds is 6. The Morgan fingerprint density at radius 1 is 1.09 bits per heavy atom. The van der Waals surface area contributed by atoms with Crippen LogP contribution in [0.3, 0.4) is 0 Å². The van der Waals surface area contributed by atoms with E-state index in [0.29, 0.717) is 17.3 Å². The fraction of sp³-hybridized carbons (Fsp3) is 0.278. The molecule has 116 valence electrons. The lowest BCUT2D eigenvalue weighted by Gasteiger charge is -2.17. The van der Waals surface area contributed by atoms with E-state index in [-0.39, 0.29) is 11.8 Å². The van der Waals surface area contributed by atoms with Gasteiger partial charge in [0.2, 0.25) is 0 Å². The number of benzene rings is 2. The molecule has 2 aromatic carbocycles. The lowest BCUT2D eigenvalue weighted by Crippen LogP contribution is -2.38. The zero-order valence-corrected chi connectivity index (χ0v) is 13.5. The largest absolute Gasteiger partial charge is 0.481 e. The lowest BCUT2D eigenvalue weighted by molar-refractivity contribution is -0.127. The Morgan fingerprint density at radius 3 is 2.36 bits per heavy atom. The Hall–Kier alpha value is -2.00. The standard InChI is InChI=1S/C18H20ClNO2/c1-13(15-6-4-3-5-7-15)12-20-18(21)14(2)22-17-10-8-16(19)9-11-17/h3-11,13-14H,12H2,1-2H3,(H,20,21)/t13-,14+/m1/s1. The van der Waals surface area contributed by atoms with Crippen LogP contribution in [0.5, 0.6) is 5.75 Å². The van der Waals surface area contributed by atoms with E-state index < -0.39 is 6.10 Å². The van der Waals surface area contributed by atoms with Gasteiger partial charge in [0.1, 0.15) is 5.75 Å². The second-order valence-corrected chi connectivity index (χ2v) is 5.71. The van der Waals surface area contributed by atoms with Gasteiger partial charge in [0, 0.05) is 11.6 Å². The van der Waals surface area contributed by atoms with Gasteiger partial charge in [-0.25, -0.2) is 0 Å². The van der Waals surface area contributed by atoms with E-state index in [9.17, 15) is 4.79 Å². The maximum absolute atomic E-state index is 12.1. The first-order chi connectivity index (χ1) is 10.6. The van der Waals surface area contributed by atoms with Crippen molar-refractivity contribution in [1.82, 2.24) is 5.32 Å². The Bertz CT molecular complexity index is 598. The second kappa shape index (κ2) is 7.85. The third-order valence-corrected chi connectivity index (χ3v) is 3.70. The third-order valence-electron chi connectivity index (χ3n) is 3.45. The van der Waals surface area contributed by atoms with Crippen LogP contribution in [0.4, 0.5) is 0 Å². The molecule has 0 saturated carbocycles. The summed E-state index contributed by atoms with van der Waals surface area (Å²) < 4.78 is 5.60. The van der Waals surface area contributed by atoms with Crippen LogP contribution >= 0.6 is 11.6 Å². The van der Waals surface area contributed by atoms with Crippen LogP contribution < -0.4 is 10.1 Å². The van der Waals surface area contributed by atoms with Crippen molar-refractivity contribution in [3.8, 4) is 5.75 Å². The monoisotopic (exact) mass is 317 g/mol. The zero-order valence-electron chi connectivity index (χ0n) is 12.8. The van der Waals surface area contributed by atoms with Crippen molar-refractivity contribution in [3.05, 3.63) is 65.2 Å². The Morgan fingerprint density at radius 2 is 1.73 bits per heavy atom. The van der Waals surface area contributed by atoms with Crippen LogP contribution in [-0.4, -0.2) is 18.6 Å². The van der Waals surface area contributed by atoms with Crippen LogP contribution in [0.25, 0.3) is 0 Å². The van der Waals surface area contributed by atoms with Gasteiger partial charge in [-0.05, 0) is 42.7 Å². The van der Waals surface area contributed by atoms with Gasteiger partial charge >= 0.3 is 0 Å². The fourth-order valence-electron chi connectivity index (χ4n) is 2.07.